The quantitative estimate of drug-likeness (QED) is 0.765. The van der Waals surface area contributed by atoms with Crippen molar-refractivity contribution in [2.24, 2.45) is 11.3 Å². The molecule has 0 bridgehead atoms. The van der Waals surface area contributed by atoms with Crippen LogP contribution >= 0.6 is 0 Å². The molecule has 0 radical (unpaired) electrons. The minimum Gasteiger partial charge on any atom is -0.383 e. The van der Waals surface area contributed by atoms with Gasteiger partial charge < -0.3 is 11.1 Å². The normalized spacial score (nSPS) is 11.9. The molecule has 0 aliphatic heterocycles. The Bertz CT molecular complexity index is 549. The van der Waals surface area contributed by atoms with Crippen molar-refractivity contribution in [3.8, 4) is 0 Å². The van der Waals surface area contributed by atoms with Crippen LogP contribution in [0.2, 0.25) is 0 Å². The molecule has 1 rings (SSSR count). The first-order chi connectivity index (χ1) is 8.61. The summed E-state index contributed by atoms with van der Waals surface area (Å²) in [5.41, 5.74) is 5.30. The molecule has 1 heterocycles. The van der Waals surface area contributed by atoms with Crippen LogP contribution < -0.4 is 22.3 Å². The highest BCUT2D eigenvalue weighted by Crippen LogP contribution is 2.17. The summed E-state index contributed by atoms with van der Waals surface area (Å²) >= 11 is 0. The summed E-state index contributed by atoms with van der Waals surface area (Å²) in [7, 11) is 0. The summed E-state index contributed by atoms with van der Waals surface area (Å²) in [4.78, 5) is 25.9. The van der Waals surface area contributed by atoms with Gasteiger partial charge in [0.1, 0.15) is 11.5 Å². The second-order valence-electron chi connectivity index (χ2n) is 6.44. The predicted octanol–water partition coefficient (Wildman–Crippen LogP) is 1.23. The highest BCUT2D eigenvalue weighted by molar-refractivity contribution is 5.60. The third-order valence-electron chi connectivity index (χ3n) is 2.58. The van der Waals surface area contributed by atoms with E-state index in [4.69, 9.17) is 5.73 Å². The van der Waals surface area contributed by atoms with E-state index >= 15 is 0 Å². The molecule has 0 spiro atoms. The third kappa shape index (κ3) is 4.15. The molecule has 4 N–H and O–H groups in total. The Morgan fingerprint density at radius 3 is 2.37 bits per heavy atom. The predicted molar refractivity (Wildman–Crippen MR) is 78.5 cm³/mol. The van der Waals surface area contributed by atoms with Crippen LogP contribution in [0.15, 0.2) is 9.59 Å². The number of nitrogens with one attached hydrogen (secondary N) is 2. The van der Waals surface area contributed by atoms with Gasteiger partial charge in [0, 0.05) is 13.1 Å². The van der Waals surface area contributed by atoms with Crippen molar-refractivity contribution < 1.29 is 0 Å². The van der Waals surface area contributed by atoms with Crippen molar-refractivity contribution in [1.82, 2.24) is 9.55 Å². The monoisotopic (exact) mass is 268 g/mol. The molecule has 0 saturated carbocycles. The maximum absolute atomic E-state index is 11.8. The van der Waals surface area contributed by atoms with E-state index in [1.807, 2.05) is 13.8 Å². The van der Waals surface area contributed by atoms with E-state index in [0.29, 0.717) is 13.1 Å². The van der Waals surface area contributed by atoms with Gasteiger partial charge in [0.25, 0.3) is 5.56 Å². The molecule has 6 nitrogen and oxygen atoms in total. The van der Waals surface area contributed by atoms with Crippen LogP contribution in [0.25, 0.3) is 0 Å². The highest BCUT2D eigenvalue weighted by atomic mass is 16.2. The second-order valence-corrected chi connectivity index (χ2v) is 6.44. The number of nitrogen functional groups attached to an aromatic ring is 1. The Kier molecular flexibility index (Phi) is 4.44. The van der Waals surface area contributed by atoms with Gasteiger partial charge in [-0.15, -0.1) is 0 Å². The molecule has 1 aromatic heterocycles. The number of nitrogens with two attached hydrogens (primary N) is 1. The Balaban J connectivity index is 3.18. The van der Waals surface area contributed by atoms with Crippen LogP contribution in [0.3, 0.4) is 0 Å². The van der Waals surface area contributed by atoms with Crippen LogP contribution in [0.4, 0.5) is 11.5 Å². The lowest BCUT2D eigenvalue weighted by atomic mass is 9.97. The van der Waals surface area contributed by atoms with Gasteiger partial charge in [0.2, 0.25) is 0 Å². The molecule has 0 aliphatic rings. The first-order valence-electron chi connectivity index (χ1n) is 6.48. The van der Waals surface area contributed by atoms with Gasteiger partial charge in [-0.2, -0.15) is 0 Å². The second kappa shape index (κ2) is 5.50. The van der Waals surface area contributed by atoms with Gasteiger partial charge >= 0.3 is 5.69 Å². The molecule has 0 unspecified atom stereocenters. The molecule has 0 aromatic carbocycles. The van der Waals surface area contributed by atoms with Crippen molar-refractivity contribution in [1.29, 1.82) is 0 Å². The first kappa shape index (κ1) is 15.3. The Morgan fingerprint density at radius 1 is 1.32 bits per heavy atom. The zero-order chi connectivity index (χ0) is 14.8. The van der Waals surface area contributed by atoms with Crippen LogP contribution in [0.5, 0.6) is 0 Å². The van der Waals surface area contributed by atoms with E-state index < -0.39 is 11.2 Å². The fourth-order valence-corrected chi connectivity index (χ4v) is 1.66. The fourth-order valence-electron chi connectivity index (χ4n) is 1.66. The summed E-state index contributed by atoms with van der Waals surface area (Å²) in [6, 6.07) is 0. The maximum atomic E-state index is 11.8. The van der Waals surface area contributed by atoms with Crippen molar-refractivity contribution >= 4 is 11.5 Å². The average molecular weight is 268 g/mol. The number of H-pyrrole nitrogens is 1. The summed E-state index contributed by atoms with van der Waals surface area (Å²) in [6.07, 6.45) is 0. The lowest BCUT2D eigenvalue weighted by Gasteiger charge is -2.21. The zero-order valence-electron chi connectivity index (χ0n) is 12.3. The Morgan fingerprint density at radius 2 is 1.89 bits per heavy atom. The topological polar surface area (TPSA) is 92.9 Å². The summed E-state index contributed by atoms with van der Waals surface area (Å²) in [6.45, 7) is 11.2. The van der Waals surface area contributed by atoms with E-state index in [0.717, 1.165) is 0 Å². The summed E-state index contributed by atoms with van der Waals surface area (Å²) in [5.74, 6) is 0.466. The van der Waals surface area contributed by atoms with Crippen molar-refractivity contribution in [3.63, 3.8) is 0 Å². The van der Waals surface area contributed by atoms with Crippen molar-refractivity contribution in [3.05, 3.63) is 20.8 Å². The highest BCUT2D eigenvalue weighted by Gasteiger charge is 2.16. The first-order valence-corrected chi connectivity index (χ1v) is 6.48. The van der Waals surface area contributed by atoms with Gasteiger partial charge in [-0.3, -0.25) is 14.3 Å². The number of anilines is 2. The smallest absolute Gasteiger partial charge is 0.330 e. The molecule has 0 atom stereocenters. The van der Waals surface area contributed by atoms with Crippen LogP contribution in [0, 0.1) is 11.3 Å². The molecule has 1 aromatic rings. The van der Waals surface area contributed by atoms with Gasteiger partial charge in [-0.25, -0.2) is 4.79 Å². The van der Waals surface area contributed by atoms with E-state index in [1.54, 1.807) is 0 Å². The Labute approximate surface area is 113 Å². The van der Waals surface area contributed by atoms with Crippen LogP contribution in [-0.2, 0) is 6.54 Å². The number of aromatic nitrogens is 2. The van der Waals surface area contributed by atoms with Gasteiger partial charge in [-0.05, 0) is 11.3 Å². The molecule has 6 heteroatoms. The van der Waals surface area contributed by atoms with E-state index in [-0.39, 0.29) is 22.8 Å². The van der Waals surface area contributed by atoms with Gasteiger partial charge in [0.05, 0.1) is 0 Å². The SMILES string of the molecule is CC(C)Cn1c(N)c(NCC(C)(C)C)c(=O)[nH]c1=O. The lowest BCUT2D eigenvalue weighted by Crippen LogP contribution is -2.36. The number of hydrogen-bond donors (Lipinski definition) is 3. The maximum Gasteiger partial charge on any atom is 0.330 e. The van der Waals surface area contributed by atoms with E-state index in [2.05, 4.69) is 31.1 Å². The third-order valence-corrected chi connectivity index (χ3v) is 2.58. The number of rotatable bonds is 4. The zero-order valence-corrected chi connectivity index (χ0v) is 12.3. The number of hydrogen-bond acceptors (Lipinski definition) is 4. The Hall–Kier alpha value is -1.72. The molecule has 19 heavy (non-hydrogen) atoms. The molecule has 0 amide bonds. The minimum atomic E-state index is -0.466. The molecular weight excluding hydrogens is 244 g/mol. The number of nitrogens with zero attached hydrogens (tertiary/aromatic N) is 1. The van der Waals surface area contributed by atoms with Crippen molar-refractivity contribution in [2.45, 2.75) is 41.2 Å². The van der Waals surface area contributed by atoms with E-state index in [1.165, 1.54) is 4.57 Å². The molecule has 0 saturated heterocycles. The van der Waals surface area contributed by atoms with Gasteiger partial charge in [0.15, 0.2) is 0 Å². The minimum absolute atomic E-state index is 0.0118. The molecule has 108 valence electrons. The molecule has 0 fully saturated rings. The van der Waals surface area contributed by atoms with Crippen LogP contribution in [-0.4, -0.2) is 16.1 Å². The van der Waals surface area contributed by atoms with Gasteiger partial charge in [-0.1, -0.05) is 34.6 Å². The summed E-state index contributed by atoms with van der Waals surface area (Å²) < 4.78 is 1.40. The largest absolute Gasteiger partial charge is 0.383 e. The van der Waals surface area contributed by atoms with Crippen LogP contribution in [0.1, 0.15) is 34.6 Å². The summed E-state index contributed by atoms with van der Waals surface area (Å²) in [5, 5.41) is 3.03. The number of aromatic amines is 1. The molecule has 0 aliphatic carbocycles. The van der Waals surface area contributed by atoms with Crippen molar-refractivity contribution in [2.75, 3.05) is 17.6 Å². The average Bonchev–Trinajstić information content (AvgIpc) is 2.21. The van der Waals surface area contributed by atoms with E-state index in [9.17, 15) is 9.59 Å². The molecular formula is C13H24N4O2. The fraction of sp³-hybridized carbons (Fsp3) is 0.692. The standard InChI is InChI=1S/C13H24N4O2/c1-8(2)6-17-10(14)9(11(18)16-12(17)19)15-7-13(3,4)5/h8,15H,6-7,14H2,1-5H3,(H,16,18,19). The lowest BCUT2D eigenvalue weighted by molar-refractivity contribution is 0.442.